The molecule has 0 aliphatic heterocycles. The van der Waals surface area contributed by atoms with Gasteiger partial charge >= 0.3 is 5.97 Å². The first-order valence-corrected chi connectivity index (χ1v) is 4.07. The highest BCUT2D eigenvalue weighted by Gasteiger charge is 2.07. The van der Waals surface area contributed by atoms with Crippen molar-refractivity contribution in [3.8, 4) is 5.75 Å². The van der Waals surface area contributed by atoms with Gasteiger partial charge in [0.1, 0.15) is 6.61 Å². The maximum atomic E-state index is 12.9. The molecule has 0 saturated carbocycles. The minimum absolute atomic E-state index is 0.132. The molecule has 0 bridgehead atoms. The highest BCUT2D eigenvalue weighted by atomic mass is 19.2. The Morgan fingerprint density at radius 1 is 1.47 bits per heavy atom. The Morgan fingerprint density at radius 3 is 2.87 bits per heavy atom. The molecule has 0 aromatic heterocycles. The van der Waals surface area contributed by atoms with E-state index >= 15 is 0 Å². The van der Waals surface area contributed by atoms with Gasteiger partial charge in [0, 0.05) is 6.08 Å². The molecule has 0 fully saturated rings. The summed E-state index contributed by atoms with van der Waals surface area (Å²) in [6.45, 7) is -0.132. The molecule has 0 aliphatic carbocycles. The van der Waals surface area contributed by atoms with E-state index in [-0.39, 0.29) is 12.4 Å². The summed E-state index contributed by atoms with van der Waals surface area (Å²) in [5.74, 6) is -3.46. The van der Waals surface area contributed by atoms with E-state index in [4.69, 9.17) is 9.84 Å². The molecular weight excluding hydrogens is 206 g/mol. The summed E-state index contributed by atoms with van der Waals surface area (Å²) in [5, 5.41) is 8.23. The molecule has 3 nitrogen and oxygen atoms in total. The molecule has 0 unspecified atom stereocenters. The third-order valence-corrected chi connectivity index (χ3v) is 1.51. The standard InChI is InChI=1S/C10H8F2O3/c11-7-3-1-4-8(10(7)12)15-6-2-5-9(13)14/h1-5H,6H2,(H,13,14). The summed E-state index contributed by atoms with van der Waals surface area (Å²) in [6.07, 6.45) is 2.05. The average molecular weight is 214 g/mol. The van der Waals surface area contributed by atoms with Gasteiger partial charge in [-0.2, -0.15) is 4.39 Å². The van der Waals surface area contributed by atoms with Crippen LogP contribution < -0.4 is 4.74 Å². The van der Waals surface area contributed by atoms with Gasteiger partial charge in [0.25, 0.3) is 0 Å². The lowest BCUT2D eigenvalue weighted by atomic mass is 10.3. The molecule has 0 amide bonds. The van der Waals surface area contributed by atoms with Crippen LogP contribution in [-0.4, -0.2) is 17.7 Å². The number of halogens is 2. The van der Waals surface area contributed by atoms with Crippen LogP contribution in [0.15, 0.2) is 30.4 Å². The van der Waals surface area contributed by atoms with Crippen LogP contribution in [0.4, 0.5) is 8.78 Å². The fraction of sp³-hybridized carbons (Fsp3) is 0.100. The maximum Gasteiger partial charge on any atom is 0.328 e. The number of carboxylic acids is 1. The zero-order chi connectivity index (χ0) is 11.3. The fourth-order valence-electron chi connectivity index (χ4n) is 0.882. The monoisotopic (exact) mass is 214 g/mol. The second-order valence-corrected chi connectivity index (χ2v) is 2.60. The third-order valence-electron chi connectivity index (χ3n) is 1.51. The van der Waals surface area contributed by atoms with Gasteiger partial charge in [0.05, 0.1) is 0 Å². The van der Waals surface area contributed by atoms with Crippen molar-refractivity contribution in [3.05, 3.63) is 42.0 Å². The Bertz CT molecular complexity index is 388. The zero-order valence-electron chi connectivity index (χ0n) is 7.61. The molecule has 1 aromatic carbocycles. The molecule has 1 rings (SSSR count). The van der Waals surface area contributed by atoms with Crippen molar-refractivity contribution in [2.75, 3.05) is 6.61 Å². The predicted molar refractivity (Wildman–Crippen MR) is 48.6 cm³/mol. The first-order valence-electron chi connectivity index (χ1n) is 4.07. The normalized spacial score (nSPS) is 10.5. The Hall–Kier alpha value is -1.91. The Balaban J connectivity index is 2.58. The molecule has 80 valence electrons. The number of carbonyl (C=O) groups is 1. The van der Waals surface area contributed by atoms with Crippen molar-refractivity contribution < 1.29 is 23.4 Å². The summed E-state index contributed by atoms with van der Waals surface area (Å²) < 4.78 is 30.4. The minimum atomic E-state index is -1.13. The Labute approximate surface area is 84.6 Å². The van der Waals surface area contributed by atoms with Crippen molar-refractivity contribution in [3.63, 3.8) is 0 Å². The van der Waals surface area contributed by atoms with Crippen LogP contribution in [0.25, 0.3) is 0 Å². The van der Waals surface area contributed by atoms with Crippen LogP contribution in [0.1, 0.15) is 0 Å². The van der Waals surface area contributed by atoms with E-state index in [0.29, 0.717) is 0 Å². The summed E-state index contributed by atoms with van der Waals surface area (Å²) in [5.41, 5.74) is 0. The summed E-state index contributed by atoms with van der Waals surface area (Å²) in [6, 6.07) is 3.52. The van der Waals surface area contributed by atoms with Crippen molar-refractivity contribution in [2.24, 2.45) is 0 Å². The van der Waals surface area contributed by atoms with E-state index in [1.807, 2.05) is 0 Å². The van der Waals surface area contributed by atoms with Gasteiger partial charge in [-0.3, -0.25) is 0 Å². The minimum Gasteiger partial charge on any atom is -0.486 e. The van der Waals surface area contributed by atoms with E-state index in [0.717, 1.165) is 12.1 Å². The molecule has 0 radical (unpaired) electrons. The number of hydrogen-bond acceptors (Lipinski definition) is 2. The van der Waals surface area contributed by atoms with Gasteiger partial charge in [-0.05, 0) is 18.2 Å². The van der Waals surface area contributed by atoms with Crippen LogP contribution in [0.5, 0.6) is 5.75 Å². The molecule has 0 spiro atoms. The number of benzene rings is 1. The first kappa shape index (κ1) is 11.2. The highest BCUT2D eigenvalue weighted by molar-refractivity contribution is 5.79. The molecule has 0 saturated heterocycles. The molecular formula is C10H8F2O3. The van der Waals surface area contributed by atoms with E-state index in [9.17, 15) is 13.6 Å². The van der Waals surface area contributed by atoms with E-state index < -0.39 is 17.6 Å². The van der Waals surface area contributed by atoms with Gasteiger partial charge in [0.2, 0.25) is 5.82 Å². The molecule has 0 atom stereocenters. The van der Waals surface area contributed by atoms with Crippen molar-refractivity contribution in [2.45, 2.75) is 0 Å². The lowest BCUT2D eigenvalue weighted by Gasteiger charge is -2.03. The van der Waals surface area contributed by atoms with Gasteiger partial charge in [-0.15, -0.1) is 0 Å². The Morgan fingerprint density at radius 2 is 2.20 bits per heavy atom. The first-order chi connectivity index (χ1) is 7.11. The van der Waals surface area contributed by atoms with Crippen LogP contribution >= 0.6 is 0 Å². The summed E-state index contributed by atoms with van der Waals surface area (Å²) >= 11 is 0. The summed E-state index contributed by atoms with van der Waals surface area (Å²) in [4.78, 5) is 10.1. The summed E-state index contributed by atoms with van der Waals surface area (Å²) in [7, 11) is 0. The van der Waals surface area contributed by atoms with Crippen LogP contribution in [-0.2, 0) is 4.79 Å². The van der Waals surface area contributed by atoms with E-state index in [1.54, 1.807) is 0 Å². The average Bonchev–Trinajstić information content (AvgIpc) is 2.18. The van der Waals surface area contributed by atoms with Crippen LogP contribution in [0, 0.1) is 11.6 Å². The van der Waals surface area contributed by atoms with Crippen molar-refractivity contribution in [1.82, 2.24) is 0 Å². The lowest BCUT2D eigenvalue weighted by molar-refractivity contribution is -0.131. The SMILES string of the molecule is O=C(O)C=CCOc1cccc(F)c1F. The molecule has 0 heterocycles. The van der Waals surface area contributed by atoms with E-state index in [2.05, 4.69) is 0 Å². The van der Waals surface area contributed by atoms with Gasteiger partial charge < -0.3 is 9.84 Å². The largest absolute Gasteiger partial charge is 0.486 e. The van der Waals surface area contributed by atoms with Crippen molar-refractivity contribution >= 4 is 5.97 Å². The number of rotatable bonds is 4. The smallest absolute Gasteiger partial charge is 0.328 e. The third kappa shape index (κ3) is 3.38. The zero-order valence-corrected chi connectivity index (χ0v) is 7.61. The molecule has 1 N–H and O–H groups in total. The fourth-order valence-corrected chi connectivity index (χ4v) is 0.882. The molecule has 0 aliphatic rings. The quantitative estimate of drug-likeness (QED) is 0.779. The lowest BCUT2D eigenvalue weighted by Crippen LogP contribution is -1.98. The van der Waals surface area contributed by atoms with Gasteiger partial charge in [-0.1, -0.05) is 6.07 Å². The van der Waals surface area contributed by atoms with Crippen LogP contribution in [0.2, 0.25) is 0 Å². The van der Waals surface area contributed by atoms with E-state index in [1.165, 1.54) is 18.2 Å². The molecule has 5 heteroatoms. The van der Waals surface area contributed by atoms with Crippen LogP contribution in [0.3, 0.4) is 0 Å². The maximum absolute atomic E-state index is 12.9. The van der Waals surface area contributed by atoms with Gasteiger partial charge in [0.15, 0.2) is 11.6 Å². The second-order valence-electron chi connectivity index (χ2n) is 2.60. The predicted octanol–water partition coefficient (Wildman–Crippen LogP) is 1.98. The second kappa shape index (κ2) is 5.09. The van der Waals surface area contributed by atoms with Crippen molar-refractivity contribution in [1.29, 1.82) is 0 Å². The highest BCUT2D eigenvalue weighted by Crippen LogP contribution is 2.18. The Kier molecular flexibility index (Phi) is 3.79. The number of ether oxygens (including phenoxy) is 1. The molecule has 1 aromatic rings. The number of hydrogen-bond donors (Lipinski definition) is 1. The number of aliphatic carboxylic acids is 1. The van der Waals surface area contributed by atoms with Gasteiger partial charge in [-0.25, -0.2) is 9.18 Å². The number of carboxylic acid groups (broad SMARTS) is 1. The topological polar surface area (TPSA) is 46.5 Å². The molecule has 15 heavy (non-hydrogen) atoms.